The normalized spacial score (nSPS) is 10.4. The summed E-state index contributed by atoms with van der Waals surface area (Å²) >= 11 is 0. The van der Waals surface area contributed by atoms with Crippen LogP contribution in [-0.4, -0.2) is 19.6 Å². The maximum atomic E-state index is 5.69. The molecule has 0 atom stereocenters. The molecule has 62 valence electrons. The first-order valence-electron chi connectivity index (χ1n) is 3.56. The average Bonchev–Trinajstić information content (AvgIpc) is 2.58. The summed E-state index contributed by atoms with van der Waals surface area (Å²) in [6.07, 6.45) is 5.24. The van der Waals surface area contributed by atoms with Crippen molar-refractivity contribution >= 4 is 5.69 Å². The van der Waals surface area contributed by atoms with E-state index < -0.39 is 0 Å². The average molecular weight is 163 g/mol. The molecule has 0 aliphatic carbocycles. The Labute approximate surface area is 69.4 Å². The molecule has 5 heteroatoms. The van der Waals surface area contributed by atoms with Crippen LogP contribution in [0, 0.1) is 0 Å². The zero-order valence-electron chi connectivity index (χ0n) is 6.68. The van der Waals surface area contributed by atoms with Gasteiger partial charge in [0.05, 0.1) is 5.69 Å². The van der Waals surface area contributed by atoms with Crippen molar-refractivity contribution in [3.8, 4) is 5.82 Å². The highest BCUT2D eigenvalue weighted by Gasteiger charge is 2.05. The zero-order valence-corrected chi connectivity index (χ0v) is 6.68. The number of anilines is 1. The molecule has 0 saturated carbocycles. The second-order valence-electron chi connectivity index (χ2n) is 2.53. The Hall–Kier alpha value is -1.78. The van der Waals surface area contributed by atoms with E-state index in [-0.39, 0.29) is 0 Å². The molecule has 0 amide bonds. The standard InChI is InChI=1S/C7H9N5/c1-11-5-6(8)7(10-11)12-4-2-3-9-12/h2-5H,8H2,1H3. The van der Waals surface area contributed by atoms with Crippen LogP contribution in [0.2, 0.25) is 0 Å². The van der Waals surface area contributed by atoms with E-state index in [1.807, 2.05) is 13.1 Å². The maximum absolute atomic E-state index is 5.69. The summed E-state index contributed by atoms with van der Waals surface area (Å²) in [5, 5.41) is 8.17. The van der Waals surface area contributed by atoms with Gasteiger partial charge in [-0.3, -0.25) is 4.68 Å². The number of hydrogen-bond acceptors (Lipinski definition) is 3. The Morgan fingerprint density at radius 3 is 2.83 bits per heavy atom. The van der Waals surface area contributed by atoms with Crippen molar-refractivity contribution in [2.45, 2.75) is 0 Å². The second kappa shape index (κ2) is 2.37. The molecule has 2 rings (SSSR count). The smallest absolute Gasteiger partial charge is 0.198 e. The minimum Gasteiger partial charge on any atom is -0.394 e. The summed E-state index contributed by atoms with van der Waals surface area (Å²) in [6.45, 7) is 0. The van der Waals surface area contributed by atoms with Crippen LogP contribution in [0.4, 0.5) is 5.69 Å². The lowest BCUT2D eigenvalue weighted by Crippen LogP contribution is -1.99. The van der Waals surface area contributed by atoms with Gasteiger partial charge < -0.3 is 5.73 Å². The third kappa shape index (κ3) is 0.952. The Bertz CT molecular complexity index is 372. The molecule has 0 spiro atoms. The van der Waals surface area contributed by atoms with E-state index in [0.29, 0.717) is 11.5 Å². The summed E-state index contributed by atoms with van der Waals surface area (Å²) in [6, 6.07) is 1.83. The molecular formula is C7H9N5. The molecule has 0 saturated heterocycles. The third-order valence-corrected chi connectivity index (χ3v) is 1.56. The number of aryl methyl sites for hydroxylation is 1. The first-order chi connectivity index (χ1) is 5.77. The third-order valence-electron chi connectivity index (χ3n) is 1.56. The van der Waals surface area contributed by atoms with Crippen LogP contribution in [0.25, 0.3) is 5.82 Å². The molecular weight excluding hydrogens is 154 g/mol. The predicted molar refractivity (Wildman–Crippen MR) is 44.7 cm³/mol. The lowest BCUT2D eigenvalue weighted by molar-refractivity contribution is 0.731. The highest BCUT2D eigenvalue weighted by atomic mass is 15.4. The van der Waals surface area contributed by atoms with Gasteiger partial charge in [-0.2, -0.15) is 10.2 Å². The molecule has 0 unspecified atom stereocenters. The molecule has 0 bridgehead atoms. The first-order valence-corrected chi connectivity index (χ1v) is 3.56. The monoisotopic (exact) mass is 163 g/mol. The van der Waals surface area contributed by atoms with E-state index in [9.17, 15) is 0 Å². The molecule has 0 aliphatic heterocycles. The van der Waals surface area contributed by atoms with Crippen LogP contribution >= 0.6 is 0 Å². The van der Waals surface area contributed by atoms with Crippen molar-refractivity contribution in [3.63, 3.8) is 0 Å². The van der Waals surface area contributed by atoms with Crippen molar-refractivity contribution in [2.24, 2.45) is 7.05 Å². The van der Waals surface area contributed by atoms with Crippen molar-refractivity contribution in [2.75, 3.05) is 5.73 Å². The quantitative estimate of drug-likeness (QED) is 0.652. The SMILES string of the molecule is Cn1cc(N)c(-n2cccn2)n1. The van der Waals surface area contributed by atoms with Gasteiger partial charge in [-0.1, -0.05) is 0 Å². The molecule has 12 heavy (non-hydrogen) atoms. The molecule has 2 aromatic rings. The fourth-order valence-electron chi connectivity index (χ4n) is 1.07. The Balaban J connectivity index is 2.54. The minimum atomic E-state index is 0.626. The molecule has 0 radical (unpaired) electrons. The number of nitrogens with zero attached hydrogens (tertiary/aromatic N) is 4. The summed E-state index contributed by atoms with van der Waals surface area (Å²) < 4.78 is 3.29. The van der Waals surface area contributed by atoms with Crippen LogP contribution in [0.15, 0.2) is 24.7 Å². The molecule has 2 N–H and O–H groups in total. The van der Waals surface area contributed by atoms with Gasteiger partial charge in [0.1, 0.15) is 0 Å². The molecule has 0 fully saturated rings. The predicted octanol–water partition coefficient (Wildman–Crippen LogP) is 0.188. The van der Waals surface area contributed by atoms with Gasteiger partial charge in [0, 0.05) is 25.6 Å². The fraction of sp³-hybridized carbons (Fsp3) is 0.143. The van der Waals surface area contributed by atoms with E-state index in [0.717, 1.165) is 0 Å². The highest BCUT2D eigenvalue weighted by Crippen LogP contribution is 2.11. The highest BCUT2D eigenvalue weighted by molar-refractivity contribution is 5.50. The zero-order chi connectivity index (χ0) is 8.55. The van der Waals surface area contributed by atoms with Gasteiger partial charge in [0.15, 0.2) is 5.82 Å². The van der Waals surface area contributed by atoms with Crippen LogP contribution in [0.3, 0.4) is 0 Å². The lowest BCUT2D eigenvalue weighted by atomic mass is 10.5. The summed E-state index contributed by atoms with van der Waals surface area (Å²) in [4.78, 5) is 0. The van der Waals surface area contributed by atoms with Crippen molar-refractivity contribution < 1.29 is 0 Å². The van der Waals surface area contributed by atoms with Gasteiger partial charge in [-0.05, 0) is 6.07 Å². The van der Waals surface area contributed by atoms with E-state index in [1.165, 1.54) is 0 Å². The lowest BCUT2D eigenvalue weighted by Gasteiger charge is -1.94. The number of nitrogen functional groups attached to an aromatic ring is 1. The first kappa shape index (κ1) is 6.90. The molecule has 5 nitrogen and oxygen atoms in total. The van der Waals surface area contributed by atoms with E-state index >= 15 is 0 Å². The van der Waals surface area contributed by atoms with E-state index in [1.54, 1.807) is 28.0 Å². The number of rotatable bonds is 1. The van der Waals surface area contributed by atoms with Crippen molar-refractivity contribution in [3.05, 3.63) is 24.7 Å². The Morgan fingerprint density at radius 2 is 2.33 bits per heavy atom. The van der Waals surface area contributed by atoms with Crippen LogP contribution in [0.5, 0.6) is 0 Å². The van der Waals surface area contributed by atoms with Crippen LogP contribution < -0.4 is 5.73 Å². The summed E-state index contributed by atoms with van der Waals surface area (Å²) in [7, 11) is 1.82. The molecule has 0 aromatic carbocycles. The molecule has 0 aliphatic rings. The second-order valence-corrected chi connectivity index (χ2v) is 2.53. The number of aromatic nitrogens is 4. The van der Waals surface area contributed by atoms with E-state index in [4.69, 9.17) is 5.73 Å². The Kier molecular flexibility index (Phi) is 1.36. The molecule has 2 aromatic heterocycles. The maximum Gasteiger partial charge on any atom is 0.198 e. The van der Waals surface area contributed by atoms with Crippen molar-refractivity contribution in [1.82, 2.24) is 19.6 Å². The fourth-order valence-corrected chi connectivity index (χ4v) is 1.07. The number of nitrogens with two attached hydrogens (primary N) is 1. The van der Waals surface area contributed by atoms with Gasteiger partial charge in [0.25, 0.3) is 0 Å². The molecule has 2 heterocycles. The van der Waals surface area contributed by atoms with Gasteiger partial charge in [0.2, 0.25) is 0 Å². The van der Waals surface area contributed by atoms with Gasteiger partial charge >= 0.3 is 0 Å². The Morgan fingerprint density at radius 1 is 1.50 bits per heavy atom. The van der Waals surface area contributed by atoms with Gasteiger partial charge in [-0.15, -0.1) is 0 Å². The topological polar surface area (TPSA) is 61.7 Å². The van der Waals surface area contributed by atoms with Crippen molar-refractivity contribution in [1.29, 1.82) is 0 Å². The summed E-state index contributed by atoms with van der Waals surface area (Å²) in [5.74, 6) is 0.669. The van der Waals surface area contributed by atoms with E-state index in [2.05, 4.69) is 10.2 Å². The van der Waals surface area contributed by atoms with Gasteiger partial charge in [-0.25, -0.2) is 4.68 Å². The number of hydrogen-bond donors (Lipinski definition) is 1. The largest absolute Gasteiger partial charge is 0.394 e. The summed E-state index contributed by atoms with van der Waals surface area (Å²) in [5.41, 5.74) is 6.31. The van der Waals surface area contributed by atoms with Crippen LogP contribution in [-0.2, 0) is 7.05 Å². The van der Waals surface area contributed by atoms with Crippen LogP contribution in [0.1, 0.15) is 0 Å². The minimum absolute atomic E-state index is 0.626.